The van der Waals surface area contributed by atoms with Crippen molar-refractivity contribution in [3.05, 3.63) is 42.5 Å². The Bertz CT molecular complexity index is 597. The van der Waals surface area contributed by atoms with E-state index in [2.05, 4.69) is 22.8 Å². The SMILES string of the molecule is O=C(CCC1CCNC1)Nc1cccc2ccccc12. The van der Waals surface area contributed by atoms with Crippen molar-refractivity contribution in [3.8, 4) is 0 Å². The maximum absolute atomic E-state index is 12.1. The summed E-state index contributed by atoms with van der Waals surface area (Å²) >= 11 is 0. The van der Waals surface area contributed by atoms with Crippen molar-refractivity contribution in [2.75, 3.05) is 18.4 Å². The number of rotatable bonds is 4. The molecule has 1 unspecified atom stereocenters. The molecule has 1 aliphatic rings. The standard InChI is InChI=1S/C17H20N2O/c20-17(9-8-13-10-11-18-12-13)19-16-7-3-5-14-4-1-2-6-15(14)16/h1-7,13,18H,8-12H2,(H,19,20). The maximum atomic E-state index is 12.1. The molecular formula is C17H20N2O. The fourth-order valence-electron chi connectivity index (χ4n) is 2.84. The normalized spacial score (nSPS) is 18.3. The van der Waals surface area contributed by atoms with Crippen molar-refractivity contribution in [3.63, 3.8) is 0 Å². The number of carbonyl (C=O) groups is 1. The molecule has 0 bridgehead atoms. The zero-order valence-corrected chi connectivity index (χ0v) is 11.6. The molecule has 0 aromatic heterocycles. The lowest BCUT2D eigenvalue weighted by Gasteiger charge is -2.10. The van der Waals surface area contributed by atoms with Gasteiger partial charge in [0.1, 0.15) is 0 Å². The van der Waals surface area contributed by atoms with Gasteiger partial charge in [-0.05, 0) is 43.3 Å². The van der Waals surface area contributed by atoms with Crippen LogP contribution < -0.4 is 10.6 Å². The van der Waals surface area contributed by atoms with E-state index in [-0.39, 0.29) is 5.91 Å². The molecule has 3 rings (SSSR count). The predicted molar refractivity (Wildman–Crippen MR) is 82.8 cm³/mol. The highest BCUT2D eigenvalue weighted by atomic mass is 16.1. The molecule has 3 nitrogen and oxygen atoms in total. The Morgan fingerprint density at radius 1 is 1.20 bits per heavy atom. The van der Waals surface area contributed by atoms with Gasteiger partial charge in [-0.15, -0.1) is 0 Å². The topological polar surface area (TPSA) is 41.1 Å². The monoisotopic (exact) mass is 268 g/mol. The summed E-state index contributed by atoms with van der Waals surface area (Å²) in [6.07, 6.45) is 2.78. The largest absolute Gasteiger partial charge is 0.326 e. The molecule has 3 heteroatoms. The molecule has 1 heterocycles. The van der Waals surface area contributed by atoms with E-state index in [1.807, 2.05) is 30.3 Å². The van der Waals surface area contributed by atoms with E-state index in [1.54, 1.807) is 0 Å². The second-order valence-electron chi connectivity index (χ2n) is 5.47. The van der Waals surface area contributed by atoms with E-state index in [9.17, 15) is 4.79 Å². The van der Waals surface area contributed by atoms with Gasteiger partial charge in [-0.1, -0.05) is 36.4 Å². The summed E-state index contributed by atoms with van der Waals surface area (Å²) in [6.45, 7) is 2.15. The van der Waals surface area contributed by atoms with Gasteiger partial charge in [0.25, 0.3) is 0 Å². The van der Waals surface area contributed by atoms with Crippen molar-refractivity contribution in [2.45, 2.75) is 19.3 Å². The van der Waals surface area contributed by atoms with Gasteiger partial charge in [-0.25, -0.2) is 0 Å². The van der Waals surface area contributed by atoms with Gasteiger partial charge < -0.3 is 10.6 Å². The molecule has 2 aromatic carbocycles. The number of nitrogens with one attached hydrogen (secondary N) is 2. The van der Waals surface area contributed by atoms with Gasteiger partial charge >= 0.3 is 0 Å². The van der Waals surface area contributed by atoms with Gasteiger partial charge in [-0.2, -0.15) is 0 Å². The first kappa shape index (κ1) is 13.1. The third-order valence-corrected chi connectivity index (χ3v) is 4.01. The predicted octanol–water partition coefficient (Wildman–Crippen LogP) is 3.17. The van der Waals surface area contributed by atoms with E-state index in [1.165, 1.54) is 6.42 Å². The minimum Gasteiger partial charge on any atom is -0.326 e. The lowest BCUT2D eigenvalue weighted by atomic mass is 10.0. The summed E-state index contributed by atoms with van der Waals surface area (Å²) in [5.74, 6) is 0.779. The third-order valence-electron chi connectivity index (χ3n) is 4.01. The first-order chi connectivity index (χ1) is 9.83. The minimum atomic E-state index is 0.119. The molecule has 2 aromatic rings. The van der Waals surface area contributed by atoms with Crippen LogP contribution in [0.1, 0.15) is 19.3 Å². The molecule has 104 valence electrons. The lowest BCUT2D eigenvalue weighted by Crippen LogP contribution is -2.15. The molecule has 2 N–H and O–H groups in total. The molecule has 1 saturated heterocycles. The Hall–Kier alpha value is -1.87. The summed E-state index contributed by atoms with van der Waals surface area (Å²) in [6, 6.07) is 14.1. The smallest absolute Gasteiger partial charge is 0.224 e. The van der Waals surface area contributed by atoms with E-state index < -0.39 is 0 Å². The second kappa shape index (κ2) is 6.06. The Morgan fingerprint density at radius 2 is 2.05 bits per heavy atom. The van der Waals surface area contributed by atoms with Crippen LogP contribution in [0.25, 0.3) is 10.8 Å². The Morgan fingerprint density at radius 3 is 2.90 bits per heavy atom. The average Bonchev–Trinajstić information content (AvgIpc) is 2.99. The molecule has 20 heavy (non-hydrogen) atoms. The zero-order valence-electron chi connectivity index (χ0n) is 11.6. The number of carbonyl (C=O) groups excluding carboxylic acids is 1. The first-order valence-electron chi connectivity index (χ1n) is 7.31. The Kier molecular flexibility index (Phi) is 3.97. The fourth-order valence-corrected chi connectivity index (χ4v) is 2.84. The van der Waals surface area contributed by atoms with E-state index in [0.29, 0.717) is 12.3 Å². The van der Waals surface area contributed by atoms with Crippen LogP contribution in [0.4, 0.5) is 5.69 Å². The number of hydrogen-bond donors (Lipinski definition) is 2. The Balaban J connectivity index is 1.65. The lowest BCUT2D eigenvalue weighted by molar-refractivity contribution is -0.116. The van der Waals surface area contributed by atoms with Crippen LogP contribution >= 0.6 is 0 Å². The highest BCUT2D eigenvalue weighted by Gasteiger charge is 2.15. The maximum Gasteiger partial charge on any atom is 0.224 e. The number of anilines is 1. The average molecular weight is 268 g/mol. The van der Waals surface area contributed by atoms with E-state index in [0.717, 1.165) is 36.0 Å². The molecule has 1 aliphatic heterocycles. The van der Waals surface area contributed by atoms with Crippen LogP contribution in [0, 0.1) is 5.92 Å². The van der Waals surface area contributed by atoms with Crippen LogP contribution in [0.15, 0.2) is 42.5 Å². The van der Waals surface area contributed by atoms with Crippen LogP contribution in [-0.2, 0) is 4.79 Å². The van der Waals surface area contributed by atoms with Gasteiger partial charge in [0, 0.05) is 17.5 Å². The number of fused-ring (bicyclic) bond motifs is 1. The van der Waals surface area contributed by atoms with Gasteiger partial charge in [0.2, 0.25) is 5.91 Å². The zero-order chi connectivity index (χ0) is 13.8. The van der Waals surface area contributed by atoms with Crippen LogP contribution in [0.2, 0.25) is 0 Å². The van der Waals surface area contributed by atoms with Gasteiger partial charge in [0.15, 0.2) is 0 Å². The highest BCUT2D eigenvalue weighted by Crippen LogP contribution is 2.23. The second-order valence-corrected chi connectivity index (χ2v) is 5.47. The third kappa shape index (κ3) is 2.99. The Labute approximate surface area is 119 Å². The van der Waals surface area contributed by atoms with Crippen molar-refractivity contribution < 1.29 is 4.79 Å². The van der Waals surface area contributed by atoms with Crippen molar-refractivity contribution in [1.29, 1.82) is 0 Å². The summed E-state index contributed by atoms with van der Waals surface area (Å²) in [5.41, 5.74) is 0.914. The van der Waals surface area contributed by atoms with Crippen molar-refractivity contribution in [1.82, 2.24) is 5.32 Å². The van der Waals surface area contributed by atoms with Gasteiger partial charge in [-0.3, -0.25) is 4.79 Å². The highest BCUT2D eigenvalue weighted by molar-refractivity contribution is 6.02. The van der Waals surface area contributed by atoms with Crippen molar-refractivity contribution >= 4 is 22.4 Å². The molecule has 0 saturated carbocycles. The summed E-state index contributed by atoms with van der Waals surface area (Å²) < 4.78 is 0. The first-order valence-corrected chi connectivity index (χ1v) is 7.31. The molecule has 0 radical (unpaired) electrons. The fraction of sp³-hybridized carbons (Fsp3) is 0.353. The molecule has 0 aliphatic carbocycles. The number of benzene rings is 2. The number of amides is 1. The molecular weight excluding hydrogens is 248 g/mol. The summed E-state index contributed by atoms with van der Waals surface area (Å²) in [7, 11) is 0. The van der Waals surface area contributed by atoms with Crippen LogP contribution in [-0.4, -0.2) is 19.0 Å². The van der Waals surface area contributed by atoms with Crippen LogP contribution in [0.5, 0.6) is 0 Å². The van der Waals surface area contributed by atoms with Gasteiger partial charge in [0.05, 0.1) is 0 Å². The van der Waals surface area contributed by atoms with E-state index >= 15 is 0 Å². The molecule has 1 atom stereocenters. The van der Waals surface area contributed by atoms with Crippen LogP contribution in [0.3, 0.4) is 0 Å². The molecule has 1 fully saturated rings. The minimum absolute atomic E-state index is 0.119. The summed E-state index contributed by atoms with van der Waals surface area (Å²) in [4.78, 5) is 12.1. The number of hydrogen-bond acceptors (Lipinski definition) is 2. The molecule has 1 amide bonds. The molecule has 0 spiro atoms. The van der Waals surface area contributed by atoms with E-state index in [4.69, 9.17) is 0 Å². The quantitative estimate of drug-likeness (QED) is 0.894. The van der Waals surface area contributed by atoms with Crippen molar-refractivity contribution in [2.24, 2.45) is 5.92 Å². The summed E-state index contributed by atoms with van der Waals surface area (Å²) in [5, 5.41) is 8.65.